The van der Waals surface area contributed by atoms with Crippen molar-refractivity contribution in [3.63, 3.8) is 0 Å². The van der Waals surface area contributed by atoms with Gasteiger partial charge in [-0.25, -0.2) is 4.39 Å². The molecule has 1 heterocycles. The number of halogens is 1. The van der Waals surface area contributed by atoms with E-state index in [1.165, 1.54) is 12.1 Å². The zero-order valence-electron chi connectivity index (χ0n) is 24.4. The van der Waals surface area contributed by atoms with Crippen LogP contribution in [0.4, 0.5) is 10.1 Å². The molecule has 0 aromatic heterocycles. The molecule has 1 aromatic rings. The lowest BCUT2D eigenvalue weighted by molar-refractivity contribution is -0.148. The highest BCUT2D eigenvalue weighted by atomic mass is 19.1. The molecule has 0 radical (unpaired) electrons. The number of nitrogens with one attached hydrogen (secondary N) is 1. The van der Waals surface area contributed by atoms with Crippen molar-refractivity contribution in [2.75, 3.05) is 24.5 Å². The van der Waals surface area contributed by atoms with Gasteiger partial charge in [-0.05, 0) is 101 Å². The second-order valence-corrected chi connectivity index (χ2v) is 13.9. The van der Waals surface area contributed by atoms with Gasteiger partial charge in [-0.3, -0.25) is 14.5 Å². The fourth-order valence-corrected chi connectivity index (χ4v) is 8.24. The van der Waals surface area contributed by atoms with Crippen LogP contribution in [0.1, 0.15) is 71.3 Å². The Kier molecular flexibility index (Phi) is 8.07. The molecule has 4 saturated carbocycles. The zero-order chi connectivity index (χ0) is 29.0. The summed E-state index contributed by atoms with van der Waals surface area (Å²) >= 11 is 0. The highest BCUT2D eigenvalue weighted by Crippen LogP contribution is 2.55. The molecule has 2 amide bonds. The molecule has 5 fully saturated rings. The molecular weight excluding hydrogens is 511 g/mol. The van der Waals surface area contributed by atoms with Crippen molar-refractivity contribution in [2.45, 2.75) is 102 Å². The number of hydrogen-bond donors (Lipinski definition) is 4. The second kappa shape index (κ2) is 11.0. The number of piperazine rings is 1. The normalized spacial score (nSPS) is 33.6. The Morgan fingerprint density at radius 1 is 1.23 bits per heavy atom. The number of aliphatic hydroxyl groups excluding tert-OH is 1. The topological polar surface area (TPSA) is 119 Å². The van der Waals surface area contributed by atoms with E-state index >= 15 is 0 Å². The molecule has 3 unspecified atom stereocenters. The Labute approximate surface area is 237 Å². The Morgan fingerprint density at radius 2 is 1.90 bits per heavy atom. The molecule has 1 saturated heterocycles. The van der Waals surface area contributed by atoms with Crippen molar-refractivity contribution >= 4 is 17.5 Å². The van der Waals surface area contributed by atoms with E-state index in [1.807, 2.05) is 32.6 Å². The summed E-state index contributed by atoms with van der Waals surface area (Å²) in [5.41, 5.74) is 6.90. The van der Waals surface area contributed by atoms with E-state index in [0.29, 0.717) is 43.0 Å². The number of hydrogen-bond acceptors (Lipinski definition) is 6. The van der Waals surface area contributed by atoms with Crippen LogP contribution in [0.5, 0.6) is 0 Å². The molecule has 222 valence electrons. The molecule has 6 rings (SSSR count). The van der Waals surface area contributed by atoms with Crippen LogP contribution >= 0.6 is 0 Å². The second-order valence-electron chi connectivity index (χ2n) is 13.9. The predicted molar refractivity (Wildman–Crippen MR) is 152 cm³/mol. The molecule has 40 heavy (non-hydrogen) atoms. The van der Waals surface area contributed by atoms with E-state index in [2.05, 4.69) is 5.32 Å². The van der Waals surface area contributed by atoms with E-state index in [1.54, 1.807) is 11.0 Å². The lowest BCUT2D eigenvalue weighted by Gasteiger charge is -2.58. The molecule has 4 aliphatic carbocycles. The average molecular weight is 559 g/mol. The van der Waals surface area contributed by atoms with E-state index < -0.39 is 23.3 Å². The first-order valence-corrected chi connectivity index (χ1v) is 15.1. The molecular formula is C31H47FN4O4. The molecule has 8 atom stereocenters. The van der Waals surface area contributed by atoms with Gasteiger partial charge in [-0.2, -0.15) is 0 Å². The van der Waals surface area contributed by atoms with Gasteiger partial charge in [0.2, 0.25) is 11.8 Å². The number of nitrogens with zero attached hydrogens (tertiary/aromatic N) is 2. The fourth-order valence-electron chi connectivity index (χ4n) is 8.24. The van der Waals surface area contributed by atoms with Gasteiger partial charge in [0.1, 0.15) is 5.82 Å². The van der Waals surface area contributed by atoms with E-state index in [-0.39, 0.29) is 42.6 Å². The van der Waals surface area contributed by atoms with Gasteiger partial charge in [0.05, 0.1) is 18.2 Å². The smallest absolute Gasteiger partial charge is 0.241 e. The number of nitrogens with two attached hydrogens (primary N) is 1. The molecule has 5 N–H and O–H groups in total. The zero-order valence-corrected chi connectivity index (χ0v) is 24.4. The molecule has 9 heteroatoms. The van der Waals surface area contributed by atoms with E-state index in [0.717, 1.165) is 37.7 Å². The average Bonchev–Trinajstić information content (AvgIpc) is 2.87. The maximum Gasteiger partial charge on any atom is 0.241 e. The third-order valence-corrected chi connectivity index (χ3v) is 10.4. The van der Waals surface area contributed by atoms with Crippen molar-refractivity contribution in [1.82, 2.24) is 10.2 Å². The summed E-state index contributed by atoms with van der Waals surface area (Å²) in [5.74, 6) is 0.332. The lowest BCUT2D eigenvalue weighted by Crippen LogP contribution is -2.64. The van der Waals surface area contributed by atoms with Crippen LogP contribution in [0, 0.1) is 36.4 Å². The number of amides is 2. The van der Waals surface area contributed by atoms with Crippen LogP contribution in [0.3, 0.4) is 0 Å². The summed E-state index contributed by atoms with van der Waals surface area (Å²) in [5, 5.41) is 25.3. The number of rotatable bonds is 9. The van der Waals surface area contributed by atoms with Crippen molar-refractivity contribution in [1.29, 1.82) is 0 Å². The summed E-state index contributed by atoms with van der Waals surface area (Å²) in [6.45, 7) is 8.64. The van der Waals surface area contributed by atoms with Gasteiger partial charge in [-0.15, -0.1) is 0 Å². The van der Waals surface area contributed by atoms with Gasteiger partial charge in [-0.1, -0.05) is 13.0 Å². The first-order valence-electron chi connectivity index (χ1n) is 15.1. The molecule has 1 aromatic carbocycles. The fraction of sp³-hybridized carbons (Fsp3) is 0.742. The number of carbonyl (C=O) groups is 2. The highest BCUT2D eigenvalue weighted by Gasteiger charge is 2.55. The van der Waals surface area contributed by atoms with Gasteiger partial charge in [0, 0.05) is 42.3 Å². The molecule has 1 aliphatic heterocycles. The van der Waals surface area contributed by atoms with Gasteiger partial charge in [0.15, 0.2) is 0 Å². The lowest BCUT2D eigenvalue weighted by atomic mass is 9.52. The number of aryl methyl sites for hydroxylation is 1. The van der Waals surface area contributed by atoms with Crippen LogP contribution in [0.25, 0.3) is 0 Å². The van der Waals surface area contributed by atoms with Gasteiger partial charge >= 0.3 is 0 Å². The summed E-state index contributed by atoms with van der Waals surface area (Å²) in [7, 11) is 0. The first kappa shape index (κ1) is 29.4. The van der Waals surface area contributed by atoms with E-state index in [4.69, 9.17) is 5.73 Å². The van der Waals surface area contributed by atoms with Crippen LogP contribution < -0.4 is 16.0 Å². The quantitative estimate of drug-likeness (QED) is 0.370. The Morgan fingerprint density at radius 3 is 2.52 bits per heavy atom. The highest BCUT2D eigenvalue weighted by molar-refractivity contribution is 5.96. The molecule has 8 nitrogen and oxygen atoms in total. The van der Waals surface area contributed by atoms with E-state index in [9.17, 15) is 24.2 Å². The number of aliphatic hydroxyl groups is 2. The Hall–Kier alpha value is -2.07. The minimum Gasteiger partial charge on any atom is -0.391 e. The third-order valence-electron chi connectivity index (χ3n) is 10.4. The maximum atomic E-state index is 13.9. The van der Waals surface area contributed by atoms with Crippen LogP contribution in [-0.2, 0) is 9.59 Å². The molecule has 4 bridgehead atoms. The summed E-state index contributed by atoms with van der Waals surface area (Å²) in [4.78, 5) is 30.1. The molecule has 5 aliphatic rings. The van der Waals surface area contributed by atoms with Crippen molar-refractivity contribution < 1.29 is 24.2 Å². The summed E-state index contributed by atoms with van der Waals surface area (Å²) in [6, 6.07) is 3.94. The van der Waals surface area contributed by atoms with Crippen LogP contribution in [-0.4, -0.2) is 75.9 Å². The summed E-state index contributed by atoms with van der Waals surface area (Å²) in [6.07, 6.45) is 4.57. The van der Waals surface area contributed by atoms with Crippen molar-refractivity contribution in [3.8, 4) is 0 Å². The Bertz CT molecular complexity index is 1110. The van der Waals surface area contributed by atoms with Crippen molar-refractivity contribution in [3.05, 3.63) is 29.6 Å². The number of anilines is 1. The van der Waals surface area contributed by atoms with Crippen molar-refractivity contribution in [2.24, 2.45) is 29.4 Å². The van der Waals surface area contributed by atoms with Gasteiger partial charge < -0.3 is 26.2 Å². The predicted octanol–water partition coefficient (Wildman–Crippen LogP) is 2.72. The summed E-state index contributed by atoms with van der Waals surface area (Å²) < 4.78 is 13.9. The maximum absolute atomic E-state index is 13.9. The third kappa shape index (κ3) is 5.80. The largest absolute Gasteiger partial charge is 0.391 e. The minimum atomic E-state index is -0.899. The SMILES string of the molecule is CC[C@H](C[C@H](O)[C@@H](N)CN1CC(=O)N(c2cc(F)ccc2C)CC1(C)C)C(=O)NC1[C@@H]2CC3C[C@H]1CC(O)(C3)C2. The number of carbonyl (C=O) groups excluding carboxylic acids is 2. The standard InChI is InChI=1S/C31H47FN4O4/c1-5-20(29(39)34-28-21-8-19-9-22(28)14-31(40,12-19)13-21)10-26(37)24(33)15-35-16-27(38)36(17-30(35,3)4)25-11-23(32)7-6-18(25)2/h6-7,11,19-22,24,26,28,37,40H,5,8-10,12-17,33H2,1-4H3,(H,34,39)/t19?,20-,21-,22+,24+,26+,28?,31?/m1/s1. The first-order chi connectivity index (χ1) is 18.8. The number of benzene rings is 1. The molecule has 0 spiro atoms. The Balaban J connectivity index is 1.17. The van der Waals surface area contributed by atoms with Gasteiger partial charge in [0.25, 0.3) is 0 Å². The minimum absolute atomic E-state index is 0.0344. The van der Waals surface area contributed by atoms with Crippen LogP contribution in [0.15, 0.2) is 18.2 Å². The van der Waals surface area contributed by atoms with Crippen LogP contribution in [0.2, 0.25) is 0 Å². The monoisotopic (exact) mass is 558 g/mol.